The maximum absolute atomic E-state index is 13.3. The third kappa shape index (κ3) is 2.88. The van der Waals surface area contributed by atoms with Crippen LogP contribution in [-0.2, 0) is 6.54 Å². The maximum atomic E-state index is 13.3. The summed E-state index contributed by atoms with van der Waals surface area (Å²) in [5.41, 5.74) is 3.92. The molecule has 0 saturated carbocycles. The van der Waals surface area contributed by atoms with E-state index in [1.807, 2.05) is 18.2 Å². The number of nitrogens with one attached hydrogen (secondary N) is 1. The molecule has 3 N–H and O–H groups in total. The van der Waals surface area contributed by atoms with Gasteiger partial charge in [-0.3, -0.25) is 14.9 Å². The van der Waals surface area contributed by atoms with Crippen LogP contribution in [0.15, 0.2) is 73.1 Å². The number of carbonyl (C=O) groups is 1. The number of amides is 1. The van der Waals surface area contributed by atoms with Crippen LogP contribution < -0.4 is 0 Å². The molecule has 5 rings (SSSR count). The van der Waals surface area contributed by atoms with Crippen molar-refractivity contribution < 1.29 is 15.0 Å². The number of aromatic hydroxyl groups is 2. The number of para-hydroxylation sites is 1. The van der Waals surface area contributed by atoms with Crippen LogP contribution in [0.3, 0.4) is 0 Å². The van der Waals surface area contributed by atoms with Crippen molar-refractivity contribution in [3.63, 3.8) is 0 Å². The van der Waals surface area contributed by atoms with E-state index < -0.39 is 6.04 Å². The van der Waals surface area contributed by atoms with Gasteiger partial charge in [0.1, 0.15) is 22.9 Å². The quantitative estimate of drug-likeness (QED) is 0.487. The number of hydrogen-bond donors (Lipinski definition) is 3. The highest BCUT2D eigenvalue weighted by Gasteiger charge is 2.42. The Kier molecular flexibility index (Phi) is 4.21. The second-order valence-corrected chi connectivity index (χ2v) is 7.17. The zero-order valence-electron chi connectivity index (χ0n) is 15.9. The van der Waals surface area contributed by atoms with E-state index >= 15 is 0 Å². The van der Waals surface area contributed by atoms with Crippen molar-refractivity contribution in [2.45, 2.75) is 12.6 Å². The minimum atomic E-state index is -0.429. The molecule has 0 spiro atoms. The SMILES string of the molecule is O=C1c2[nH]nc(-c3ccccc3O)c2[C@H](c2ccc(O)cc2)N1Cc1cccnc1. The summed E-state index contributed by atoms with van der Waals surface area (Å²) in [6.45, 7) is 0.362. The number of pyridine rings is 1. The molecule has 0 unspecified atom stereocenters. The molecular weight excluding hydrogens is 380 g/mol. The third-order valence-electron chi connectivity index (χ3n) is 5.31. The number of aromatic nitrogens is 3. The molecule has 7 nitrogen and oxygen atoms in total. The molecule has 2 aromatic carbocycles. The van der Waals surface area contributed by atoms with Crippen LogP contribution >= 0.6 is 0 Å². The molecule has 7 heteroatoms. The lowest BCUT2D eigenvalue weighted by Gasteiger charge is -2.26. The zero-order valence-corrected chi connectivity index (χ0v) is 15.9. The van der Waals surface area contributed by atoms with Crippen molar-refractivity contribution in [2.75, 3.05) is 0 Å². The Balaban J connectivity index is 1.67. The topological polar surface area (TPSA) is 102 Å². The molecule has 0 fully saturated rings. The molecule has 0 radical (unpaired) electrons. The Labute approximate surface area is 172 Å². The fraction of sp³-hybridized carbons (Fsp3) is 0.0870. The van der Waals surface area contributed by atoms with Gasteiger partial charge in [0.15, 0.2) is 0 Å². The Morgan fingerprint density at radius 3 is 2.53 bits per heavy atom. The van der Waals surface area contributed by atoms with Crippen LogP contribution in [0.25, 0.3) is 11.3 Å². The van der Waals surface area contributed by atoms with Crippen molar-refractivity contribution in [1.82, 2.24) is 20.1 Å². The molecule has 1 aliphatic heterocycles. The van der Waals surface area contributed by atoms with E-state index in [0.29, 0.717) is 29.1 Å². The molecule has 3 heterocycles. The largest absolute Gasteiger partial charge is 0.508 e. The summed E-state index contributed by atoms with van der Waals surface area (Å²) in [6.07, 6.45) is 3.42. The van der Waals surface area contributed by atoms with Gasteiger partial charge in [0.05, 0.1) is 6.04 Å². The molecule has 0 saturated heterocycles. The lowest BCUT2D eigenvalue weighted by Crippen LogP contribution is -2.29. The predicted molar refractivity (Wildman–Crippen MR) is 110 cm³/mol. The number of rotatable bonds is 4. The first kappa shape index (κ1) is 17.9. The minimum absolute atomic E-state index is 0.0921. The van der Waals surface area contributed by atoms with Crippen LogP contribution in [-0.4, -0.2) is 36.2 Å². The number of carbonyl (C=O) groups excluding carboxylic acids is 1. The van der Waals surface area contributed by atoms with Crippen LogP contribution in [0.4, 0.5) is 0 Å². The van der Waals surface area contributed by atoms with Gasteiger partial charge in [-0.15, -0.1) is 0 Å². The fourth-order valence-corrected chi connectivity index (χ4v) is 3.93. The Bertz CT molecular complexity index is 1220. The van der Waals surface area contributed by atoms with Gasteiger partial charge < -0.3 is 15.1 Å². The smallest absolute Gasteiger partial charge is 0.273 e. The zero-order chi connectivity index (χ0) is 20.7. The van der Waals surface area contributed by atoms with Gasteiger partial charge in [0.25, 0.3) is 5.91 Å². The van der Waals surface area contributed by atoms with Crippen LogP contribution in [0.5, 0.6) is 11.5 Å². The van der Waals surface area contributed by atoms with Gasteiger partial charge in [0, 0.05) is 30.1 Å². The molecule has 1 aliphatic rings. The van der Waals surface area contributed by atoms with Crippen molar-refractivity contribution in [1.29, 1.82) is 0 Å². The number of phenolic OH excluding ortho intramolecular Hbond substituents is 2. The van der Waals surface area contributed by atoms with Crippen molar-refractivity contribution in [2.24, 2.45) is 0 Å². The van der Waals surface area contributed by atoms with Gasteiger partial charge in [-0.05, 0) is 41.5 Å². The molecule has 2 aromatic heterocycles. The monoisotopic (exact) mass is 398 g/mol. The molecule has 148 valence electrons. The second-order valence-electron chi connectivity index (χ2n) is 7.17. The fourth-order valence-electron chi connectivity index (χ4n) is 3.93. The van der Waals surface area contributed by atoms with E-state index in [1.54, 1.807) is 59.8 Å². The van der Waals surface area contributed by atoms with Crippen molar-refractivity contribution >= 4 is 5.91 Å². The highest BCUT2D eigenvalue weighted by molar-refractivity contribution is 6.00. The molecular formula is C23H18N4O3. The number of phenols is 2. The first-order valence-corrected chi connectivity index (χ1v) is 9.49. The number of benzene rings is 2. The summed E-state index contributed by atoms with van der Waals surface area (Å²) in [4.78, 5) is 19.2. The first-order valence-electron chi connectivity index (χ1n) is 9.49. The van der Waals surface area contributed by atoms with Crippen molar-refractivity contribution in [3.8, 4) is 22.8 Å². The average molecular weight is 398 g/mol. The van der Waals surface area contributed by atoms with E-state index in [-0.39, 0.29) is 17.4 Å². The number of aromatic amines is 1. The Morgan fingerprint density at radius 2 is 1.80 bits per heavy atom. The first-order chi connectivity index (χ1) is 14.6. The standard InChI is InChI=1S/C23H18N4O3/c28-16-9-7-15(8-10-16)22-19-20(17-5-1-2-6-18(17)29)25-26-21(19)23(30)27(22)13-14-4-3-11-24-12-14/h1-12,22,28-29H,13H2,(H,25,26)/t22-/m0/s1. The van der Waals surface area contributed by atoms with Gasteiger partial charge in [-0.25, -0.2) is 0 Å². The lowest BCUT2D eigenvalue weighted by molar-refractivity contribution is 0.0730. The maximum Gasteiger partial charge on any atom is 0.273 e. The van der Waals surface area contributed by atoms with Gasteiger partial charge in [0.2, 0.25) is 0 Å². The van der Waals surface area contributed by atoms with Gasteiger partial charge >= 0.3 is 0 Å². The second kappa shape index (κ2) is 7.04. The normalized spacial score (nSPS) is 15.4. The molecule has 0 bridgehead atoms. The number of nitrogens with zero attached hydrogens (tertiary/aromatic N) is 3. The van der Waals surface area contributed by atoms with Gasteiger partial charge in [-0.2, -0.15) is 5.10 Å². The highest BCUT2D eigenvalue weighted by atomic mass is 16.3. The van der Waals surface area contributed by atoms with E-state index in [1.165, 1.54) is 0 Å². The van der Waals surface area contributed by atoms with E-state index in [2.05, 4.69) is 15.2 Å². The van der Waals surface area contributed by atoms with E-state index in [0.717, 1.165) is 11.1 Å². The lowest BCUT2D eigenvalue weighted by atomic mass is 9.95. The average Bonchev–Trinajstić information content (AvgIpc) is 3.30. The molecule has 0 aliphatic carbocycles. The Morgan fingerprint density at radius 1 is 1.00 bits per heavy atom. The minimum Gasteiger partial charge on any atom is -0.508 e. The molecule has 1 atom stereocenters. The molecule has 30 heavy (non-hydrogen) atoms. The summed E-state index contributed by atoms with van der Waals surface area (Å²) in [7, 11) is 0. The number of hydrogen-bond acceptors (Lipinski definition) is 5. The molecule has 4 aromatic rings. The van der Waals surface area contributed by atoms with Crippen LogP contribution in [0.2, 0.25) is 0 Å². The summed E-state index contributed by atoms with van der Waals surface area (Å²) in [6, 6.07) is 17.0. The predicted octanol–water partition coefficient (Wildman–Crippen LogP) is 3.63. The summed E-state index contributed by atoms with van der Waals surface area (Å²) >= 11 is 0. The number of H-pyrrole nitrogens is 1. The summed E-state index contributed by atoms with van der Waals surface area (Å²) < 4.78 is 0. The summed E-state index contributed by atoms with van der Waals surface area (Å²) in [5.74, 6) is 0.0609. The van der Waals surface area contributed by atoms with E-state index in [4.69, 9.17) is 0 Å². The van der Waals surface area contributed by atoms with Crippen LogP contribution in [0, 0.1) is 0 Å². The summed E-state index contributed by atoms with van der Waals surface area (Å²) in [5, 5.41) is 27.3. The van der Waals surface area contributed by atoms with E-state index in [9.17, 15) is 15.0 Å². The number of fused-ring (bicyclic) bond motifs is 1. The molecule has 1 amide bonds. The van der Waals surface area contributed by atoms with Gasteiger partial charge in [-0.1, -0.05) is 30.3 Å². The highest BCUT2D eigenvalue weighted by Crippen LogP contribution is 2.45. The van der Waals surface area contributed by atoms with Crippen LogP contribution in [0.1, 0.15) is 33.2 Å². The van der Waals surface area contributed by atoms with Crippen molar-refractivity contribution in [3.05, 3.63) is 95.4 Å². The third-order valence-corrected chi connectivity index (χ3v) is 5.31. The Hall–Kier alpha value is -4.13.